The van der Waals surface area contributed by atoms with Gasteiger partial charge in [0, 0.05) is 11.9 Å². The molecule has 0 radical (unpaired) electrons. The smallest absolute Gasteiger partial charge is 0.130 e. The van der Waals surface area contributed by atoms with Crippen molar-refractivity contribution in [3.8, 4) is 0 Å². The Balaban J connectivity index is 2.63. The van der Waals surface area contributed by atoms with Gasteiger partial charge in [-0.2, -0.15) is 0 Å². The minimum absolute atomic E-state index is 0.895. The lowest BCUT2D eigenvalue weighted by Crippen LogP contribution is -1.97. The number of rotatable bonds is 5. The van der Waals surface area contributed by atoms with Gasteiger partial charge in [-0.25, -0.2) is 4.98 Å². The topological polar surface area (TPSA) is 24.9 Å². The molecule has 0 aromatic carbocycles. The van der Waals surface area contributed by atoms with Crippen LogP contribution in [0.3, 0.4) is 0 Å². The molecule has 0 atom stereocenters. The molecule has 0 fully saturated rings. The molecule has 2 nitrogen and oxygen atoms in total. The average Bonchev–Trinajstić information content (AvgIpc) is 2.14. The van der Waals surface area contributed by atoms with Crippen LogP contribution in [0.1, 0.15) is 32.3 Å². The summed E-state index contributed by atoms with van der Waals surface area (Å²) in [5, 5.41) is 3.12. The lowest BCUT2D eigenvalue weighted by atomic mass is 10.1. The zero-order valence-electron chi connectivity index (χ0n) is 9.01. The van der Waals surface area contributed by atoms with Crippen molar-refractivity contribution < 1.29 is 0 Å². The number of aromatic nitrogens is 1. The van der Waals surface area contributed by atoms with Crippen molar-refractivity contribution in [3.05, 3.63) is 36.2 Å². The van der Waals surface area contributed by atoms with Crippen LogP contribution in [0.5, 0.6) is 0 Å². The Morgan fingerprint density at radius 2 is 2.36 bits per heavy atom. The van der Waals surface area contributed by atoms with E-state index in [4.69, 9.17) is 0 Å². The van der Waals surface area contributed by atoms with Gasteiger partial charge in [-0.1, -0.05) is 19.9 Å². The predicted molar refractivity (Wildman–Crippen MR) is 61.3 cm³/mol. The number of pyridine rings is 1. The zero-order valence-corrected chi connectivity index (χ0v) is 9.01. The summed E-state index contributed by atoms with van der Waals surface area (Å²) in [5.41, 5.74) is 2.26. The second-order valence-corrected chi connectivity index (χ2v) is 3.56. The normalized spacial score (nSPS) is 9.86. The summed E-state index contributed by atoms with van der Waals surface area (Å²) in [6, 6.07) is 4.16. The van der Waals surface area contributed by atoms with Gasteiger partial charge in [-0.15, -0.1) is 0 Å². The summed E-state index contributed by atoms with van der Waals surface area (Å²) in [5.74, 6) is 0.895. The largest absolute Gasteiger partial charge is 0.345 e. The molecule has 0 aliphatic rings. The van der Waals surface area contributed by atoms with Crippen molar-refractivity contribution in [2.75, 3.05) is 5.32 Å². The van der Waals surface area contributed by atoms with E-state index >= 15 is 0 Å². The highest BCUT2D eigenvalue weighted by Gasteiger charge is 1.96. The van der Waals surface area contributed by atoms with E-state index in [-0.39, 0.29) is 0 Å². The second kappa shape index (κ2) is 5.43. The Labute approximate surface area is 86.1 Å². The molecular formula is C12H18N2. The lowest BCUT2D eigenvalue weighted by Gasteiger charge is -2.05. The van der Waals surface area contributed by atoms with Crippen LogP contribution in [0.2, 0.25) is 0 Å². The maximum atomic E-state index is 4.22. The SMILES string of the molecule is C=C(C)Nc1cc(CCCC)ccn1. The second-order valence-electron chi connectivity index (χ2n) is 3.56. The summed E-state index contributed by atoms with van der Waals surface area (Å²) < 4.78 is 0. The Morgan fingerprint density at radius 3 is 3.00 bits per heavy atom. The molecular weight excluding hydrogens is 172 g/mol. The fraction of sp³-hybridized carbons (Fsp3) is 0.417. The molecule has 76 valence electrons. The highest BCUT2D eigenvalue weighted by atomic mass is 15.0. The maximum absolute atomic E-state index is 4.22. The number of hydrogen-bond donors (Lipinski definition) is 1. The number of nitrogens with one attached hydrogen (secondary N) is 1. The third kappa shape index (κ3) is 3.60. The third-order valence-electron chi connectivity index (χ3n) is 1.98. The molecule has 0 bridgehead atoms. The molecule has 1 aromatic heterocycles. The van der Waals surface area contributed by atoms with E-state index in [9.17, 15) is 0 Å². The standard InChI is InChI=1S/C12H18N2/c1-4-5-6-11-7-8-13-12(9-11)14-10(2)3/h7-9H,2,4-6H2,1,3H3,(H,13,14). The van der Waals surface area contributed by atoms with E-state index in [1.54, 1.807) is 0 Å². The summed E-state index contributed by atoms with van der Waals surface area (Å²) in [6.07, 6.45) is 5.43. The van der Waals surface area contributed by atoms with Crippen LogP contribution in [0.25, 0.3) is 0 Å². The Hall–Kier alpha value is -1.31. The monoisotopic (exact) mass is 190 g/mol. The van der Waals surface area contributed by atoms with Crippen LogP contribution in [-0.4, -0.2) is 4.98 Å². The summed E-state index contributed by atoms with van der Waals surface area (Å²) in [6.45, 7) is 7.92. The fourth-order valence-corrected chi connectivity index (χ4v) is 1.30. The minimum atomic E-state index is 0.895. The van der Waals surface area contributed by atoms with Crippen molar-refractivity contribution in [3.63, 3.8) is 0 Å². The highest BCUT2D eigenvalue weighted by molar-refractivity contribution is 5.42. The van der Waals surface area contributed by atoms with Crippen molar-refractivity contribution in [2.24, 2.45) is 0 Å². The molecule has 0 amide bonds. The number of anilines is 1. The van der Waals surface area contributed by atoms with E-state index in [2.05, 4.69) is 35.9 Å². The fourth-order valence-electron chi connectivity index (χ4n) is 1.30. The average molecular weight is 190 g/mol. The zero-order chi connectivity index (χ0) is 10.4. The molecule has 14 heavy (non-hydrogen) atoms. The summed E-state index contributed by atoms with van der Waals surface area (Å²) >= 11 is 0. The van der Waals surface area contributed by atoms with Crippen LogP contribution in [0.4, 0.5) is 5.82 Å². The Bertz CT molecular complexity index is 305. The van der Waals surface area contributed by atoms with Gasteiger partial charge in [-0.3, -0.25) is 0 Å². The molecule has 0 saturated heterocycles. The first kappa shape index (κ1) is 10.8. The summed E-state index contributed by atoms with van der Waals surface area (Å²) in [7, 11) is 0. The van der Waals surface area contributed by atoms with Gasteiger partial charge in [0.25, 0.3) is 0 Å². The minimum Gasteiger partial charge on any atom is -0.345 e. The van der Waals surface area contributed by atoms with Crippen LogP contribution in [0.15, 0.2) is 30.6 Å². The van der Waals surface area contributed by atoms with Crippen molar-refractivity contribution in [2.45, 2.75) is 33.1 Å². The number of unbranched alkanes of at least 4 members (excludes halogenated alkanes) is 1. The van der Waals surface area contributed by atoms with Crippen LogP contribution in [-0.2, 0) is 6.42 Å². The first-order valence-electron chi connectivity index (χ1n) is 5.10. The van der Waals surface area contributed by atoms with E-state index in [1.807, 2.05) is 13.1 Å². The number of hydrogen-bond acceptors (Lipinski definition) is 2. The quantitative estimate of drug-likeness (QED) is 0.770. The van der Waals surface area contributed by atoms with Gasteiger partial charge in [0.05, 0.1) is 0 Å². The van der Waals surface area contributed by atoms with E-state index in [0.717, 1.165) is 17.9 Å². The molecule has 1 heterocycles. The Morgan fingerprint density at radius 1 is 1.57 bits per heavy atom. The lowest BCUT2D eigenvalue weighted by molar-refractivity contribution is 0.794. The molecule has 1 aromatic rings. The van der Waals surface area contributed by atoms with E-state index in [0.29, 0.717) is 0 Å². The molecule has 0 aliphatic carbocycles. The molecule has 2 heteroatoms. The predicted octanol–water partition coefficient (Wildman–Crippen LogP) is 3.37. The van der Waals surface area contributed by atoms with Gasteiger partial charge >= 0.3 is 0 Å². The molecule has 0 saturated carbocycles. The van der Waals surface area contributed by atoms with Gasteiger partial charge in [-0.05, 0) is 37.5 Å². The molecule has 0 unspecified atom stereocenters. The van der Waals surface area contributed by atoms with E-state index < -0.39 is 0 Å². The number of aryl methyl sites for hydroxylation is 1. The van der Waals surface area contributed by atoms with E-state index in [1.165, 1.54) is 18.4 Å². The van der Waals surface area contributed by atoms with Crippen molar-refractivity contribution >= 4 is 5.82 Å². The molecule has 1 rings (SSSR count). The van der Waals surface area contributed by atoms with Crippen LogP contribution >= 0.6 is 0 Å². The van der Waals surface area contributed by atoms with Crippen LogP contribution < -0.4 is 5.32 Å². The van der Waals surface area contributed by atoms with Gasteiger partial charge in [0.15, 0.2) is 0 Å². The van der Waals surface area contributed by atoms with Gasteiger partial charge in [0.1, 0.15) is 5.82 Å². The maximum Gasteiger partial charge on any atom is 0.130 e. The Kier molecular flexibility index (Phi) is 4.17. The molecule has 1 N–H and O–H groups in total. The van der Waals surface area contributed by atoms with Crippen LogP contribution in [0, 0.1) is 0 Å². The van der Waals surface area contributed by atoms with Gasteiger partial charge < -0.3 is 5.32 Å². The first-order chi connectivity index (χ1) is 6.72. The van der Waals surface area contributed by atoms with Crippen molar-refractivity contribution in [1.82, 2.24) is 4.98 Å². The molecule has 0 aliphatic heterocycles. The van der Waals surface area contributed by atoms with Crippen molar-refractivity contribution in [1.29, 1.82) is 0 Å². The van der Waals surface area contributed by atoms with Gasteiger partial charge in [0.2, 0.25) is 0 Å². The molecule has 0 spiro atoms. The number of allylic oxidation sites excluding steroid dienone is 1. The first-order valence-corrected chi connectivity index (χ1v) is 5.10. The summed E-state index contributed by atoms with van der Waals surface area (Å²) in [4.78, 5) is 4.22. The number of nitrogens with zero attached hydrogens (tertiary/aromatic N) is 1. The highest BCUT2D eigenvalue weighted by Crippen LogP contribution is 2.10. The third-order valence-corrected chi connectivity index (χ3v) is 1.98.